The number of hydrogen-bond acceptors (Lipinski definition) is 4. The lowest BCUT2D eigenvalue weighted by Gasteiger charge is -2.15. The van der Waals surface area contributed by atoms with E-state index in [1.165, 1.54) is 0 Å². The maximum absolute atomic E-state index is 12.1. The number of carbonyl (C=O) groups is 2. The molecule has 2 heterocycles. The molecule has 5 nitrogen and oxygen atoms in total. The van der Waals surface area contributed by atoms with Gasteiger partial charge in [0.1, 0.15) is 0 Å². The smallest absolute Gasteiger partial charge is 0.363 e. The first-order chi connectivity index (χ1) is 12.6. The third kappa shape index (κ3) is 3.26. The van der Waals surface area contributed by atoms with Crippen LogP contribution >= 0.6 is 11.6 Å². The number of rotatable bonds is 3. The highest BCUT2D eigenvalue weighted by molar-refractivity contribution is 6.30. The van der Waals surface area contributed by atoms with Gasteiger partial charge in [-0.1, -0.05) is 23.7 Å². The minimum absolute atomic E-state index is 0.135. The molecule has 0 saturated carbocycles. The number of cyclic esters (lactones) is 1. The van der Waals surface area contributed by atoms with Crippen molar-refractivity contribution in [2.75, 3.05) is 11.4 Å². The van der Waals surface area contributed by atoms with Crippen LogP contribution in [0, 0.1) is 0 Å². The van der Waals surface area contributed by atoms with Crippen molar-refractivity contribution in [2.24, 2.45) is 4.99 Å². The van der Waals surface area contributed by atoms with E-state index in [1.54, 1.807) is 47.4 Å². The van der Waals surface area contributed by atoms with Crippen LogP contribution in [-0.2, 0) is 14.3 Å². The Morgan fingerprint density at radius 1 is 1.04 bits per heavy atom. The number of halogens is 1. The predicted molar refractivity (Wildman–Crippen MR) is 100 cm³/mol. The fourth-order valence-electron chi connectivity index (χ4n) is 2.95. The summed E-state index contributed by atoms with van der Waals surface area (Å²) in [6, 6.07) is 14.4. The second-order valence-corrected chi connectivity index (χ2v) is 6.52. The fraction of sp³-hybridized carbons (Fsp3) is 0.150. The molecular formula is C20H15ClN2O3. The molecule has 0 aliphatic carbocycles. The lowest BCUT2D eigenvalue weighted by Crippen LogP contribution is -2.23. The molecule has 2 aromatic rings. The molecule has 2 aliphatic heterocycles. The fourth-order valence-corrected chi connectivity index (χ4v) is 3.08. The lowest BCUT2D eigenvalue weighted by molar-refractivity contribution is -0.130. The molecule has 4 rings (SSSR count). The third-order valence-corrected chi connectivity index (χ3v) is 4.55. The number of benzene rings is 2. The van der Waals surface area contributed by atoms with E-state index in [1.807, 2.05) is 12.1 Å². The molecule has 6 heteroatoms. The zero-order chi connectivity index (χ0) is 18.1. The van der Waals surface area contributed by atoms with E-state index >= 15 is 0 Å². The molecular weight excluding hydrogens is 352 g/mol. The lowest BCUT2D eigenvalue weighted by atomic mass is 10.2. The van der Waals surface area contributed by atoms with Gasteiger partial charge < -0.3 is 9.64 Å². The van der Waals surface area contributed by atoms with E-state index in [4.69, 9.17) is 16.3 Å². The summed E-state index contributed by atoms with van der Waals surface area (Å²) in [6.45, 7) is 0.738. The van der Waals surface area contributed by atoms with Gasteiger partial charge in [-0.2, -0.15) is 0 Å². The molecule has 0 radical (unpaired) electrons. The molecule has 0 N–H and O–H groups in total. The van der Waals surface area contributed by atoms with Gasteiger partial charge in [-0.15, -0.1) is 0 Å². The number of ether oxygens (including phenoxy) is 1. The van der Waals surface area contributed by atoms with E-state index in [-0.39, 0.29) is 17.5 Å². The highest BCUT2D eigenvalue weighted by Gasteiger charge is 2.25. The first-order valence-corrected chi connectivity index (χ1v) is 8.67. The maximum Gasteiger partial charge on any atom is 0.363 e. The quantitative estimate of drug-likeness (QED) is 0.613. The summed E-state index contributed by atoms with van der Waals surface area (Å²) in [5.41, 5.74) is 2.58. The molecule has 1 fully saturated rings. The summed E-state index contributed by atoms with van der Waals surface area (Å²) in [4.78, 5) is 29.9. The highest BCUT2D eigenvalue weighted by Crippen LogP contribution is 2.24. The minimum Gasteiger partial charge on any atom is -0.402 e. The molecule has 0 unspecified atom stereocenters. The Balaban J connectivity index is 1.57. The van der Waals surface area contributed by atoms with E-state index in [0.29, 0.717) is 17.0 Å². The third-order valence-electron chi connectivity index (χ3n) is 4.29. The van der Waals surface area contributed by atoms with Crippen LogP contribution in [0.1, 0.15) is 24.0 Å². The summed E-state index contributed by atoms with van der Waals surface area (Å²) in [5, 5.41) is 0.627. The van der Waals surface area contributed by atoms with E-state index in [2.05, 4.69) is 4.99 Å². The van der Waals surface area contributed by atoms with Crippen molar-refractivity contribution in [2.45, 2.75) is 12.8 Å². The van der Waals surface area contributed by atoms with Crippen molar-refractivity contribution < 1.29 is 14.3 Å². The van der Waals surface area contributed by atoms with E-state index in [0.717, 1.165) is 24.2 Å². The number of hydrogen-bond donors (Lipinski definition) is 0. The monoisotopic (exact) mass is 366 g/mol. The Labute approximate surface area is 155 Å². The highest BCUT2D eigenvalue weighted by atomic mass is 35.5. The van der Waals surface area contributed by atoms with Gasteiger partial charge in [0, 0.05) is 29.2 Å². The topological polar surface area (TPSA) is 59.0 Å². The van der Waals surface area contributed by atoms with Crippen molar-refractivity contribution in [1.82, 2.24) is 0 Å². The van der Waals surface area contributed by atoms with Gasteiger partial charge in [-0.3, -0.25) is 4.79 Å². The van der Waals surface area contributed by atoms with Gasteiger partial charge >= 0.3 is 5.97 Å². The standard InChI is InChI=1S/C20H15ClN2O3/c21-15-7-3-13(4-8-15)12-17-20(25)26-19(22-17)14-5-9-16(10-6-14)23-11-1-2-18(23)24/h3-10,12H,1-2,11H2/b17-12-. The molecule has 0 spiro atoms. The first kappa shape index (κ1) is 16.5. The minimum atomic E-state index is -0.492. The first-order valence-electron chi connectivity index (χ1n) is 8.29. The average Bonchev–Trinajstić information content (AvgIpc) is 3.23. The Hall–Kier alpha value is -2.92. The Kier molecular flexibility index (Phi) is 4.31. The molecule has 1 amide bonds. The van der Waals surface area contributed by atoms with Crippen molar-refractivity contribution in [3.05, 3.63) is 70.4 Å². The Morgan fingerprint density at radius 3 is 2.42 bits per heavy atom. The van der Waals surface area contributed by atoms with Crippen LogP contribution < -0.4 is 4.90 Å². The SMILES string of the molecule is O=C1OC(c2ccc(N3CCCC3=O)cc2)=N/C1=C\c1ccc(Cl)cc1. The molecule has 0 aromatic heterocycles. The van der Waals surface area contributed by atoms with Crippen molar-refractivity contribution in [1.29, 1.82) is 0 Å². The van der Waals surface area contributed by atoms with Crippen LogP contribution in [0.4, 0.5) is 5.69 Å². The van der Waals surface area contributed by atoms with Gasteiger partial charge in [-0.25, -0.2) is 9.79 Å². The number of anilines is 1. The summed E-state index contributed by atoms with van der Waals surface area (Å²) in [6.07, 6.45) is 3.12. The number of carbonyl (C=O) groups excluding carboxylic acids is 2. The zero-order valence-electron chi connectivity index (χ0n) is 13.8. The van der Waals surface area contributed by atoms with Crippen LogP contribution in [0.25, 0.3) is 6.08 Å². The van der Waals surface area contributed by atoms with Gasteiger partial charge in [0.05, 0.1) is 0 Å². The van der Waals surface area contributed by atoms with Crippen LogP contribution in [0.5, 0.6) is 0 Å². The van der Waals surface area contributed by atoms with E-state index < -0.39 is 5.97 Å². The molecule has 26 heavy (non-hydrogen) atoms. The van der Waals surface area contributed by atoms with Crippen LogP contribution in [0.15, 0.2) is 59.2 Å². The number of esters is 1. The molecule has 130 valence electrons. The molecule has 0 bridgehead atoms. The maximum atomic E-state index is 12.1. The Morgan fingerprint density at radius 2 is 1.77 bits per heavy atom. The summed E-state index contributed by atoms with van der Waals surface area (Å²) < 4.78 is 5.28. The summed E-state index contributed by atoms with van der Waals surface area (Å²) in [7, 11) is 0. The largest absolute Gasteiger partial charge is 0.402 e. The second kappa shape index (κ2) is 6.77. The molecule has 1 saturated heterocycles. The molecule has 0 atom stereocenters. The number of aliphatic imine (C=N–C) groups is 1. The van der Waals surface area contributed by atoms with Crippen molar-refractivity contribution >= 4 is 41.1 Å². The average molecular weight is 367 g/mol. The van der Waals surface area contributed by atoms with Crippen LogP contribution in [-0.4, -0.2) is 24.3 Å². The number of amides is 1. The van der Waals surface area contributed by atoms with Crippen LogP contribution in [0.2, 0.25) is 5.02 Å². The van der Waals surface area contributed by atoms with Gasteiger partial charge in [0.25, 0.3) is 0 Å². The predicted octanol–water partition coefficient (Wildman–Crippen LogP) is 3.81. The van der Waals surface area contributed by atoms with E-state index in [9.17, 15) is 9.59 Å². The normalized spacial score (nSPS) is 18.4. The summed E-state index contributed by atoms with van der Waals surface area (Å²) >= 11 is 5.86. The molecule has 2 aromatic carbocycles. The number of nitrogens with zero attached hydrogens (tertiary/aromatic N) is 2. The van der Waals surface area contributed by atoms with Gasteiger partial charge in [0.15, 0.2) is 5.70 Å². The zero-order valence-corrected chi connectivity index (χ0v) is 14.6. The second-order valence-electron chi connectivity index (χ2n) is 6.08. The van der Waals surface area contributed by atoms with Gasteiger partial charge in [-0.05, 0) is 54.5 Å². The van der Waals surface area contributed by atoms with Gasteiger partial charge in [0.2, 0.25) is 11.8 Å². The molecule has 2 aliphatic rings. The summed E-state index contributed by atoms with van der Waals surface area (Å²) in [5.74, 6) is -0.0983. The van der Waals surface area contributed by atoms with Crippen molar-refractivity contribution in [3.63, 3.8) is 0 Å². The van der Waals surface area contributed by atoms with Crippen LogP contribution in [0.3, 0.4) is 0 Å². The Bertz CT molecular complexity index is 931. The van der Waals surface area contributed by atoms with Crippen molar-refractivity contribution in [3.8, 4) is 0 Å².